The van der Waals surface area contributed by atoms with Gasteiger partial charge in [-0.25, -0.2) is 4.21 Å². The van der Waals surface area contributed by atoms with Crippen molar-refractivity contribution in [2.75, 3.05) is 23.0 Å². The maximum absolute atomic E-state index is 12.8. The van der Waals surface area contributed by atoms with Gasteiger partial charge in [0.1, 0.15) is 11.0 Å². The molecule has 0 saturated heterocycles. The zero-order valence-corrected chi connectivity index (χ0v) is 21.6. The Hall–Kier alpha value is -3.74. The standard InChI is InChI=1S/C25H27F3N6O3S/c1-3-14-38(36)34-20(35)17-6-10-19(11-7-17)29-21-30-22(32-23(31-21)37-15-25(26,27)28)33-24(12-13-24)18-8-4-16(2)5-9-18/h4-11H,3,12-15H2,1-2H3,(H,34,35)(H2,29,30,31,32,33). The second-order valence-corrected chi connectivity index (χ2v) is 10.2. The smallest absolute Gasteiger partial charge is 0.422 e. The number of rotatable bonds is 11. The Bertz CT molecular complexity index is 1300. The van der Waals surface area contributed by atoms with Gasteiger partial charge in [-0.2, -0.15) is 28.1 Å². The number of alkyl halides is 3. The number of hydrogen-bond acceptors (Lipinski definition) is 8. The van der Waals surface area contributed by atoms with Gasteiger partial charge in [0.2, 0.25) is 11.9 Å². The molecule has 0 bridgehead atoms. The third-order valence-electron chi connectivity index (χ3n) is 5.68. The van der Waals surface area contributed by atoms with Crippen LogP contribution in [-0.2, 0) is 16.5 Å². The van der Waals surface area contributed by atoms with E-state index in [1.807, 2.05) is 38.1 Å². The van der Waals surface area contributed by atoms with Gasteiger partial charge in [-0.1, -0.05) is 36.8 Å². The quantitative estimate of drug-likeness (QED) is 0.314. The number of ether oxygens (including phenoxy) is 1. The molecule has 1 saturated carbocycles. The van der Waals surface area contributed by atoms with Crippen molar-refractivity contribution in [2.45, 2.75) is 44.8 Å². The summed E-state index contributed by atoms with van der Waals surface area (Å²) in [6.45, 7) is 2.29. The van der Waals surface area contributed by atoms with Crippen LogP contribution in [0.5, 0.6) is 6.01 Å². The number of anilines is 3. The minimum atomic E-state index is -4.56. The maximum atomic E-state index is 12.8. The minimum absolute atomic E-state index is 0.0411. The number of aryl methyl sites for hydroxylation is 1. The van der Waals surface area contributed by atoms with Gasteiger partial charge in [-0.3, -0.25) is 9.52 Å². The lowest BCUT2D eigenvalue weighted by Crippen LogP contribution is -2.27. The van der Waals surface area contributed by atoms with E-state index in [-0.39, 0.29) is 11.9 Å². The normalized spacial score (nSPS) is 14.9. The van der Waals surface area contributed by atoms with Gasteiger partial charge in [-0.05, 0) is 56.0 Å². The van der Waals surface area contributed by atoms with E-state index in [9.17, 15) is 22.2 Å². The fourth-order valence-electron chi connectivity index (χ4n) is 3.61. The van der Waals surface area contributed by atoms with Gasteiger partial charge >= 0.3 is 12.2 Å². The highest BCUT2D eigenvalue weighted by molar-refractivity contribution is 7.83. The van der Waals surface area contributed by atoms with Gasteiger partial charge < -0.3 is 15.4 Å². The molecule has 1 aliphatic rings. The summed E-state index contributed by atoms with van der Waals surface area (Å²) in [6, 6.07) is 13.6. The zero-order valence-electron chi connectivity index (χ0n) is 20.8. The van der Waals surface area contributed by atoms with Crippen molar-refractivity contribution in [3.63, 3.8) is 0 Å². The van der Waals surface area contributed by atoms with Crippen molar-refractivity contribution in [1.29, 1.82) is 0 Å². The van der Waals surface area contributed by atoms with Crippen LogP contribution in [0.3, 0.4) is 0 Å². The number of nitrogens with zero attached hydrogens (tertiary/aromatic N) is 3. The molecule has 1 fully saturated rings. The molecule has 1 atom stereocenters. The van der Waals surface area contributed by atoms with Crippen molar-refractivity contribution in [3.05, 3.63) is 65.2 Å². The average Bonchev–Trinajstić information content (AvgIpc) is 3.63. The highest BCUT2D eigenvalue weighted by atomic mass is 32.2. The molecule has 13 heteroatoms. The monoisotopic (exact) mass is 548 g/mol. The molecule has 1 heterocycles. The summed E-state index contributed by atoms with van der Waals surface area (Å²) in [5.41, 5.74) is 2.46. The summed E-state index contributed by atoms with van der Waals surface area (Å²) in [4.78, 5) is 24.6. The Kier molecular flexibility index (Phi) is 8.14. The van der Waals surface area contributed by atoms with E-state index in [1.54, 1.807) is 12.1 Å². The van der Waals surface area contributed by atoms with E-state index in [1.165, 1.54) is 12.1 Å². The number of amides is 1. The van der Waals surface area contributed by atoms with Crippen molar-refractivity contribution in [1.82, 2.24) is 19.7 Å². The molecule has 202 valence electrons. The van der Waals surface area contributed by atoms with Gasteiger partial charge in [0.15, 0.2) is 6.61 Å². The van der Waals surface area contributed by atoms with E-state index in [4.69, 9.17) is 4.74 Å². The van der Waals surface area contributed by atoms with Crippen LogP contribution in [-0.4, -0.2) is 43.6 Å². The molecule has 3 N–H and O–H groups in total. The van der Waals surface area contributed by atoms with Crippen LogP contribution < -0.4 is 20.1 Å². The Morgan fingerprint density at radius 1 is 1.03 bits per heavy atom. The Balaban J connectivity index is 1.53. The minimum Gasteiger partial charge on any atom is -0.454 e. The molecule has 2 aromatic carbocycles. The molecule has 0 radical (unpaired) electrons. The topological polar surface area (TPSA) is 118 Å². The molecule has 0 aliphatic heterocycles. The summed E-state index contributed by atoms with van der Waals surface area (Å²) in [6.07, 6.45) is -2.30. The van der Waals surface area contributed by atoms with Crippen LogP contribution in [0.15, 0.2) is 48.5 Å². The van der Waals surface area contributed by atoms with E-state index < -0.39 is 41.2 Å². The van der Waals surface area contributed by atoms with Crippen LogP contribution in [0.1, 0.15) is 47.7 Å². The highest BCUT2D eigenvalue weighted by Crippen LogP contribution is 2.48. The molecule has 9 nitrogen and oxygen atoms in total. The molecule has 1 unspecified atom stereocenters. The third-order valence-corrected chi connectivity index (χ3v) is 6.88. The summed E-state index contributed by atoms with van der Waals surface area (Å²) in [5.74, 6) is -0.109. The highest BCUT2D eigenvalue weighted by Gasteiger charge is 2.45. The summed E-state index contributed by atoms with van der Waals surface area (Å²) in [7, 11) is -1.46. The number of carbonyl (C=O) groups is 1. The van der Waals surface area contributed by atoms with Gasteiger partial charge in [-0.15, -0.1) is 0 Å². The Morgan fingerprint density at radius 3 is 2.29 bits per heavy atom. The second kappa shape index (κ2) is 11.3. The van der Waals surface area contributed by atoms with Crippen LogP contribution >= 0.6 is 0 Å². The number of hydrogen-bond donors (Lipinski definition) is 3. The van der Waals surface area contributed by atoms with Crippen molar-refractivity contribution in [2.24, 2.45) is 0 Å². The van der Waals surface area contributed by atoms with E-state index in [0.29, 0.717) is 23.4 Å². The van der Waals surface area contributed by atoms with Crippen LogP contribution in [0, 0.1) is 6.92 Å². The first-order valence-corrected chi connectivity index (χ1v) is 13.2. The predicted molar refractivity (Wildman–Crippen MR) is 138 cm³/mol. The lowest BCUT2D eigenvalue weighted by molar-refractivity contribution is -0.154. The molecule has 3 aromatic rings. The number of carbonyl (C=O) groups excluding carboxylic acids is 1. The molecule has 38 heavy (non-hydrogen) atoms. The molecule has 4 rings (SSSR count). The number of aromatic nitrogens is 3. The first-order chi connectivity index (χ1) is 18.0. The molecule has 0 spiro atoms. The lowest BCUT2D eigenvalue weighted by atomic mass is 10.0. The second-order valence-electron chi connectivity index (χ2n) is 8.93. The summed E-state index contributed by atoms with van der Waals surface area (Å²) >= 11 is 0. The van der Waals surface area contributed by atoms with E-state index in [2.05, 4.69) is 30.3 Å². The van der Waals surface area contributed by atoms with Crippen LogP contribution in [0.25, 0.3) is 0 Å². The Morgan fingerprint density at radius 2 is 1.68 bits per heavy atom. The van der Waals surface area contributed by atoms with Gasteiger partial charge in [0.25, 0.3) is 5.91 Å². The van der Waals surface area contributed by atoms with Gasteiger partial charge in [0, 0.05) is 17.0 Å². The van der Waals surface area contributed by atoms with E-state index in [0.717, 1.165) is 24.0 Å². The molecular formula is C25H27F3N6O3S. The average molecular weight is 549 g/mol. The summed E-state index contributed by atoms with van der Waals surface area (Å²) < 4.78 is 57.3. The SMILES string of the molecule is CCCS(=O)NC(=O)c1ccc(Nc2nc(NC3(c4ccc(C)cc4)CC3)nc(OCC(F)(F)F)n2)cc1. The molecule has 1 aliphatic carbocycles. The number of nitrogens with one attached hydrogen (secondary N) is 3. The van der Waals surface area contributed by atoms with Crippen molar-refractivity contribution >= 4 is 34.5 Å². The first kappa shape index (κ1) is 27.3. The number of halogens is 3. The first-order valence-electron chi connectivity index (χ1n) is 11.9. The fraction of sp³-hybridized carbons (Fsp3) is 0.360. The van der Waals surface area contributed by atoms with Crippen LogP contribution in [0.4, 0.5) is 30.8 Å². The van der Waals surface area contributed by atoms with Crippen molar-refractivity contribution < 1.29 is 26.9 Å². The van der Waals surface area contributed by atoms with Crippen LogP contribution in [0.2, 0.25) is 0 Å². The third kappa shape index (κ3) is 7.40. The maximum Gasteiger partial charge on any atom is 0.422 e. The van der Waals surface area contributed by atoms with Crippen molar-refractivity contribution in [3.8, 4) is 6.01 Å². The lowest BCUT2D eigenvalue weighted by Gasteiger charge is -2.19. The molecular weight excluding hydrogens is 521 g/mol. The zero-order chi connectivity index (χ0) is 27.3. The molecule has 1 amide bonds. The predicted octanol–water partition coefficient (Wildman–Crippen LogP) is 4.77. The summed E-state index contributed by atoms with van der Waals surface area (Å²) in [5, 5.41) is 6.14. The number of benzene rings is 2. The van der Waals surface area contributed by atoms with Gasteiger partial charge in [0.05, 0.1) is 5.54 Å². The molecule has 1 aromatic heterocycles. The van der Waals surface area contributed by atoms with E-state index >= 15 is 0 Å². The Labute approximate surface area is 220 Å². The fourth-order valence-corrected chi connectivity index (χ4v) is 4.41. The largest absolute Gasteiger partial charge is 0.454 e.